The van der Waals surface area contributed by atoms with Gasteiger partial charge in [0.05, 0.1) is 6.04 Å². The maximum atomic E-state index is 12.9. The van der Waals surface area contributed by atoms with Crippen molar-refractivity contribution >= 4 is 23.4 Å². The molecule has 25 heavy (non-hydrogen) atoms. The molecule has 1 amide bonds. The number of nitrogens with two attached hydrogens (primary N) is 1. The Morgan fingerprint density at radius 2 is 2.08 bits per heavy atom. The number of fused-ring (bicyclic) bond motifs is 1. The molecular weight excluding hydrogens is 335 g/mol. The van der Waals surface area contributed by atoms with E-state index in [4.69, 9.17) is 5.73 Å². The molecule has 0 heterocycles. The van der Waals surface area contributed by atoms with Gasteiger partial charge in [0.25, 0.3) is 0 Å². The predicted octanol–water partition coefficient (Wildman–Crippen LogP) is 4.33. The molecule has 2 aromatic carbocycles. The molecule has 2 unspecified atom stereocenters. The summed E-state index contributed by atoms with van der Waals surface area (Å²) >= 11 is 1.57. The zero-order chi connectivity index (χ0) is 17.8. The second kappa shape index (κ2) is 7.91. The van der Waals surface area contributed by atoms with Gasteiger partial charge in [-0.2, -0.15) is 0 Å². The third kappa shape index (κ3) is 4.54. The van der Waals surface area contributed by atoms with Gasteiger partial charge in [-0.1, -0.05) is 13.0 Å². The van der Waals surface area contributed by atoms with Crippen molar-refractivity contribution in [3.63, 3.8) is 0 Å². The van der Waals surface area contributed by atoms with Crippen LogP contribution in [0, 0.1) is 11.7 Å². The Labute approximate surface area is 152 Å². The summed E-state index contributed by atoms with van der Waals surface area (Å²) in [6.07, 6.45) is 3.03. The van der Waals surface area contributed by atoms with Crippen LogP contribution < -0.4 is 11.1 Å². The van der Waals surface area contributed by atoms with Crippen LogP contribution in [-0.2, 0) is 11.2 Å². The van der Waals surface area contributed by atoms with Crippen molar-refractivity contribution in [1.82, 2.24) is 5.32 Å². The number of thioether (sulfide) groups is 1. The minimum absolute atomic E-state index is 0.0595. The van der Waals surface area contributed by atoms with E-state index in [0.717, 1.165) is 29.8 Å². The highest BCUT2D eigenvalue weighted by Crippen LogP contribution is 2.31. The van der Waals surface area contributed by atoms with Crippen LogP contribution in [0.15, 0.2) is 47.4 Å². The van der Waals surface area contributed by atoms with Gasteiger partial charge in [0, 0.05) is 22.3 Å². The van der Waals surface area contributed by atoms with Crippen LogP contribution in [0.3, 0.4) is 0 Å². The Hall–Kier alpha value is -2.01. The molecule has 2 atom stereocenters. The smallest absolute Gasteiger partial charge is 0.224 e. The number of rotatable bonds is 5. The lowest BCUT2D eigenvalue weighted by Crippen LogP contribution is -2.35. The summed E-state index contributed by atoms with van der Waals surface area (Å²) in [5.74, 6) is 0.365. The van der Waals surface area contributed by atoms with Gasteiger partial charge < -0.3 is 11.1 Å². The van der Waals surface area contributed by atoms with Gasteiger partial charge >= 0.3 is 0 Å². The molecule has 0 aliphatic heterocycles. The number of anilines is 1. The van der Waals surface area contributed by atoms with Gasteiger partial charge in [-0.15, -0.1) is 11.8 Å². The van der Waals surface area contributed by atoms with Gasteiger partial charge in [0.15, 0.2) is 0 Å². The average molecular weight is 358 g/mol. The third-order valence-electron chi connectivity index (χ3n) is 4.56. The first kappa shape index (κ1) is 17.8. The number of aryl methyl sites for hydroxylation is 1. The first-order valence-electron chi connectivity index (χ1n) is 8.60. The van der Waals surface area contributed by atoms with Crippen molar-refractivity contribution in [3.8, 4) is 0 Å². The van der Waals surface area contributed by atoms with Crippen LogP contribution >= 0.6 is 11.8 Å². The van der Waals surface area contributed by atoms with E-state index in [9.17, 15) is 9.18 Å². The van der Waals surface area contributed by atoms with Crippen molar-refractivity contribution in [1.29, 1.82) is 0 Å². The Balaban J connectivity index is 1.58. The molecule has 0 fully saturated rings. The van der Waals surface area contributed by atoms with Crippen LogP contribution in [0.2, 0.25) is 0 Å². The van der Waals surface area contributed by atoms with Crippen molar-refractivity contribution < 1.29 is 9.18 Å². The number of carbonyl (C=O) groups is 1. The quantitative estimate of drug-likeness (QED) is 0.618. The minimum Gasteiger partial charge on any atom is -0.399 e. The van der Waals surface area contributed by atoms with Crippen molar-refractivity contribution in [2.45, 2.75) is 37.1 Å². The summed E-state index contributed by atoms with van der Waals surface area (Å²) in [5.41, 5.74) is 9.07. The fraction of sp³-hybridized carbons (Fsp3) is 0.350. The zero-order valence-corrected chi connectivity index (χ0v) is 15.1. The molecule has 3 rings (SSSR count). The van der Waals surface area contributed by atoms with Gasteiger partial charge in [-0.05, 0) is 66.8 Å². The van der Waals surface area contributed by atoms with Gasteiger partial charge in [0.2, 0.25) is 5.91 Å². The molecule has 5 heteroatoms. The summed E-state index contributed by atoms with van der Waals surface area (Å²) in [5, 5.41) is 3.19. The van der Waals surface area contributed by atoms with Crippen LogP contribution in [0.1, 0.15) is 36.9 Å². The van der Waals surface area contributed by atoms with E-state index >= 15 is 0 Å². The highest BCUT2D eigenvalue weighted by molar-refractivity contribution is 7.99. The first-order valence-corrected chi connectivity index (χ1v) is 9.58. The van der Waals surface area contributed by atoms with Crippen molar-refractivity contribution in [3.05, 3.63) is 59.4 Å². The summed E-state index contributed by atoms with van der Waals surface area (Å²) in [4.78, 5) is 13.5. The fourth-order valence-electron chi connectivity index (χ4n) is 3.13. The standard InChI is InChI=1S/C20H23FN2OS/c1-13(12-25-17-8-5-15(21)6-9-17)20(24)23-19-4-2-3-14-11-16(22)7-10-18(14)19/h5-11,13,19H,2-4,12,22H2,1H3,(H,23,24). The summed E-state index contributed by atoms with van der Waals surface area (Å²) in [7, 11) is 0. The van der Waals surface area contributed by atoms with Crippen LogP contribution in [0.5, 0.6) is 0 Å². The average Bonchev–Trinajstić information content (AvgIpc) is 2.60. The lowest BCUT2D eigenvalue weighted by atomic mass is 9.87. The highest BCUT2D eigenvalue weighted by atomic mass is 32.2. The molecule has 1 aliphatic rings. The molecule has 3 N–H and O–H groups in total. The second-order valence-corrected chi connectivity index (χ2v) is 7.67. The maximum absolute atomic E-state index is 12.9. The Bertz CT molecular complexity index is 748. The molecule has 132 valence electrons. The Morgan fingerprint density at radius 1 is 1.32 bits per heavy atom. The number of nitrogen functional groups attached to an aromatic ring is 1. The fourth-order valence-corrected chi connectivity index (χ4v) is 4.05. The van der Waals surface area contributed by atoms with E-state index in [0.29, 0.717) is 5.75 Å². The minimum atomic E-state index is -0.244. The Morgan fingerprint density at radius 3 is 2.84 bits per heavy atom. The van der Waals surface area contributed by atoms with Gasteiger partial charge in [-0.3, -0.25) is 4.79 Å². The normalized spacial score (nSPS) is 17.6. The van der Waals surface area contributed by atoms with Gasteiger partial charge in [-0.25, -0.2) is 4.39 Å². The number of halogens is 1. The number of hydrogen-bond donors (Lipinski definition) is 2. The largest absolute Gasteiger partial charge is 0.399 e. The summed E-state index contributed by atoms with van der Waals surface area (Å²) in [6.45, 7) is 1.93. The van der Waals surface area contributed by atoms with E-state index in [1.807, 2.05) is 25.1 Å². The third-order valence-corrected chi connectivity index (χ3v) is 5.83. The van der Waals surface area contributed by atoms with E-state index in [1.165, 1.54) is 23.3 Å². The molecule has 0 spiro atoms. The summed E-state index contributed by atoms with van der Waals surface area (Å²) < 4.78 is 12.9. The number of hydrogen-bond acceptors (Lipinski definition) is 3. The molecule has 1 aliphatic carbocycles. The Kier molecular flexibility index (Phi) is 5.63. The molecular formula is C20H23FN2OS. The van der Waals surface area contributed by atoms with Crippen molar-refractivity contribution in [2.75, 3.05) is 11.5 Å². The molecule has 0 radical (unpaired) electrons. The number of carbonyl (C=O) groups excluding carboxylic acids is 1. The van der Waals surface area contributed by atoms with E-state index in [-0.39, 0.29) is 23.7 Å². The summed E-state index contributed by atoms with van der Waals surface area (Å²) in [6, 6.07) is 12.4. The number of amides is 1. The lowest BCUT2D eigenvalue weighted by molar-refractivity contribution is -0.124. The molecule has 0 bridgehead atoms. The monoisotopic (exact) mass is 358 g/mol. The molecule has 2 aromatic rings. The first-order chi connectivity index (χ1) is 12.0. The van der Waals surface area contributed by atoms with Crippen LogP contribution in [0.4, 0.5) is 10.1 Å². The number of benzene rings is 2. The van der Waals surface area contributed by atoms with Crippen LogP contribution in [-0.4, -0.2) is 11.7 Å². The second-order valence-electron chi connectivity index (χ2n) is 6.58. The lowest BCUT2D eigenvalue weighted by Gasteiger charge is -2.27. The van der Waals surface area contributed by atoms with Gasteiger partial charge in [0.1, 0.15) is 5.82 Å². The van der Waals surface area contributed by atoms with Crippen LogP contribution in [0.25, 0.3) is 0 Å². The molecule has 3 nitrogen and oxygen atoms in total. The molecule has 0 aromatic heterocycles. The maximum Gasteiger partial charge on any atom is 0.224 e. The van der Waals surface area contributed by atoms with E-state index in [2.05, 4.69) is 5.32 Å². The van der Waals surface area contributed by atoms with E-state index < -0.39 is 0 Å². The highest BCUT2D eigenvalue weighted by Gasteiger charge is 2.24. The predicted molar refractivity (Wildman–Crippen MR) is 101 cm³/mol. The molecule has 0 saturated heterocycles. The van der Waals surface area contributed by atoms with E-state index in [1.54, 1.807) is 23.9 Å². The number of nitrogens with one attached hydrogen (secondary N) is 1. The van der Waals surface area contributed by atoms with Crippen molar-refractivity contribution in [2.24, 2.45) is 5.92 Å². The zero-order valence-electron chi connectivity index (χ0n) is 14.3. The topological polar surface area (TPSA) is 55.1 Å². The molecule has 0 saturated carbocycles. The SMILES string of the molecule is CC(CSc1ccc(F)cc1)C(=O)NC1CCCc2cc(N)ccc21.